The molecule has 0 bridgehead atoms. The SMILES string of the molecule is Cc1noc(C)c1CCNCc1ccco1. The quantitative estimate of drug-likeness (QED) is 0.785. The molecule has 0 saturated heterocycles. The summed E-state index contributed by atoms with van der Waals surface area (Å²) >= 11 is 0. The fourth-order valence-electron chi connectivity index (χ4n) is 1.70. The Labute approximate surface area is 94.6 Å². The maximum absolute atomic E-state index is 5.22. The molecule has 4 heteroatoms. The summed E-state index contributed by atoms with van der Waals surface area (Å²) in [7, 11) is 0. The van der Waals surface area contributed by atoms with Crippen LogP contribution in [0.15, 0.2) is 27.3 Å². The van der Waals surface area contributed by atoms with Gasteiger partial charge >= 0.3 is 0 Å². The second-order valence-electron chi connectivity index (χ2n) is 3.81. The number of hydrogen-bond acceptors (Lipinski definition) is 4. The van der Waals surface area contributed by atoms with Gasteiger partial charge in [0.15, 0.2) is 0 Å². The van der Waals surface area contributed by atoms with Gasteiger partial charge < -0.3 is 14.3 Å². The van der Waals surface area contributed by atoms with E-state index < -0.39 is 0 Å². The van der Waals surface area contributed by atoms with Crippen LogP contribution in [0.2, 0.25) is 0 Å². The summed E-state index contributed by atoms with van der Waals surface area (Å²) in [5, 5.41) is 7.24. The number of nitrogens with zero attached hydrogens (tertiary/aromatic N) is 1. The summed E-state index contributed by atoms with van der Waals surface area (Å²) in [6.07, 6.45) is 2.62. The molecule has 0 spiro atoms. The van der Waals surface area contributed by atoms with E-state index in [1.807, 2.05) is 26.0 Å². The van der Waals surface area contributed by atoms with Gasteiger partial charge in [-0.05, 0) is 38.9 Å². The highest BCUT2D eigenvalue weighted by Crippen LogP contribution is 2.12. The van der Waals surface area contributed by atoms with Crippen LogP contribution in [0.4, 0.5) is 0 Å². The largest absolute Gasteiger partial charge is 0.468 e. The van der Waals surface area contributed by atoms with Crippen molar-refractivity contribution >= 4 is 0 Å². The lowest BCUT2D eigenvalue weighted by atomic mass is 10.1. The van der Waals surface area contributed by atoms with E-state index in [-0.39, 0.29) is 0 Å². The van der Waals surface area contributed by atoms with Crippen LogP contribution in [-0.2, 0) is 13.0 Å². The molecule has 4 nitrogen and oxygen atoms in total. The van der Waals surface area contributed by atoms with Gasteiger partial charge in [0.2, 0.25) is 0 Å². The Morgan fingerprint density at radius 3 is 2.88 bits per heavy atom. The number of aryl methyl sites for hydroxylation is 2. The van der Waals surface area contributed by atoms with Crippen molar-refractivity contribution in [2.45, 2.75) is 26.8 Å². The van der Waals surface area contributed by atoms with Gasteiger partial charge in [0.1, 0.15) is 11.5 Å². The van der Waals surface area contributed by atoms with E-state index in [0.717, 1.165) is 36.7 Å². The molecule has 0 radical (unpaired) electrons. The maximum atomic E-state index is 5.22. The molecule has 0 aliphatic rings. The van der Waals surface area contributed by atoms with Crippen LogP contribution in [0, 0.1) is 13.8 Å². The molecular weight excluding hydrogens is 204 g/mol. The summed E-state index contributed by atoms with van der Waals surface area (Å²) in [6, 6.07) is 3.86. The van der Waals surface area contributed by atoms with E-state index in [1.165, 1.54) is 5.56 Å². The van der Waals surface area contributed by atoms with Crippen molar-refractivity contribution in [1.29, 1.82) is 0 Å². The fourth-order valence-corrected chi connectivity index (χ4v) is 1.70. The van der Waals surface area contributed by atoms with E-state index in [0.29, 0.717) is 0 Å². The molecule has 0 atom stereocenters. The Bertz CT molecular complexity index is 412. The van der Waals surface area contributed by atoms with Gasteiger partial charge in [0.05, 0.1) is 18.5 Å². The summed E-state index contributed by atoms with van der Waals surface area (Å²) < 4.78 is 10.3. The van der Waals surface area contributed by atoms with Crippen LogP contribution in [0.5, 0.6) is 0 Å². The Balaban J connectivity index is 1.76. The Morgan fingerprint density at radius 1 is 1.38 bits per heavy atom. The second kappa shape index (κ2) is 4.99. The van der Waals surface area contributed by atoms with Gasteiger partial charge in [-0.25, -0.2) is 0 Å². The average molecular weight is 220 g/mol. The minimum Gasteiger partial charge on any atom is -0.468 e. The Kier molecular flexibility index (Phi) is 3.41. The third kappa shape index (κ3) is 2.52. The zero-order valence-corrected chi connectivity index (χ0v) is 9.62. The molecule has 2 heterocycles. The van der Waals surface area contributed by atoms with Crippen LogP contribution in [0.25, 0.3) is 0 Å². The molecule has 86 valence electrons. The number of aromatic nitrogens is 1. The summed E-state index contributed by atoms with van der Waals surface area (Å²) in [6.45, 7) is 5.57. The monoisotopic (exact) mass is 220 g/mol. The first-order valence-corrected chi connectivity index (χ1v) is 5.42. The van der Waals surface area contributed by atoms with Crippen LogP contribution in [0.1, 0.15) is 22.8 Å². The first kappa shape index (κ1) is 11.0. The third-order valence-electron chi connectivity index (χ3n) is 2.61. The maximum Gasteiger partial charge on any atom is 0.137 e. The Hall–Kier alpha value is -1.55. The van der Waals surface area contributed by atoms with Gasteiger partial charge in [-0.15, -0.1) is 0 Å². The van der Waals surface area contributed by atoms with Crippen LogP contribution < -0.4 is 5.32 Å². The van der Waals surface area contributed by atoms with Crippen LogP contribution >= 0.6 is 0 Å². The minimum absolute atomic E-state index is 0.760. The molecule has 16 heavy (non-hydrogen) atoms. The normalized spacial score (nSPS) is 10.9. The van der Waals surface area contributed by atoms with E-state index in [1.54, 1.807) is 6.26 Å². The molecule has 0 unspecified atom stereocenters. The number of nitrogens with one attached hydrogen (secondary N) is 1. The first-order chi connectivity index (χ1) is 7.77. The van der Waals surface area contributed by atoms with E-state index in [9.17, 15) is 0 Å². The standard InChI is InChI=1S/C12H16N2O2/c1-9-12(10(2)16-14-9)5-6-13-8-11-4-3-7-15-11/h3-4,7,13H,5-6,8H2,1-2H3. The molecule has 0 fully saturated rings. The fraction of sp³-hybridized carbons (Fsp3) is 0.417. The smallest absolute Gasteiger partial charge is 0.137 e. The Morgan fingerprint density at radius 2 is 2.25 bits per heavy atom. The number of furan rings is 1. The first-order valence-electron chi connectivity index (χ1n) is 5.42. The summed E-state index contributed by atoms with van der Waals surface area (Å²) in [5.74, 6) is 1.87. The molecule has 2 aromatic heterocycles. The van der Waals surface area contributed by atoms with Crippen molar-refractivity contribution in [3.05, 3.63) is 41.2 Å². The molecule has 0 aliphatic heterocycles. The predicted molar refractivity (Wildman–Crippen MR) is 60.1 cm³/mol. The van der Waals surface area contributed by atoms with Crippen molar-refractivity contribution in [3.63, 3.8) is 0 Å². The molecule has 0 amide bonds. The van der Waals surface area contributed by atoms with Crippen LogP contribution in [0.3, 0.4) is 0 Å². The summed E-state index contributed by atoms with van der Waals surface area (Å²) in [4.78, 5) is 0. The lowest BCUT2D eigenvalue weighted by Gasteiger charge is -2.02. The molecular formula is C12H16N2O2. The summed E-state index contributed by atoms with van der Waals surface area (Å²) in [5.41, 5.74) is 2.18. The van der Waals surface area contributed by atoms with Gasteiger partial charge in [-0.3, -0.25) is 0 Å². The van der Waals surface area contributed by atoms with Gasteiger partial charge in [-0.1, -0.05) is 5.16 Å². The highest BCUT2D eigenvalue weighted by molar-refractivity contribution is 5.20. The molecule has 2 aromatic rings. The molecule has 1 N–H and O–H groups in total. The van der Waals surface area contributed by atoms with Gasteiger partial charge in [0.25, 0.3) is 0 Å². The van der Waals surface area contributed by atoms with E-state index in [4.69, 9.17) is 8.94 Å². The lowest BCUT2D eigenvalue weighted by Crippen LogP contribution is -2.16. The number of rotatable bonds is 5. The third-order valence-corrected chi connectivity index (χ3v) is 2.61. The topological polar surface area (TPSA) is 51.2 Å². The highest BCUT2D eigenvalue weighted by Gasteiger charge is 2.07. The second-order valence-corrected chi connectivity index (χ2v) is 3.81. The minimum atomic E-state index is 0.760. The molecule has 2 rings (SSSR count). The lowest BCUT2D eigenvalue weighted by molar-refractivity contribution is 0.392. The predicted octanol–water partition coefficient (Wildman–Crippen LogP) is 2.22. The van der Waals surface area contributed by atoms with Crippen LogP contribution in [-0.4, -0.2) is 11.7 Å². The number of hydrogen-bond donors (Lipinski definition) is 1. The molecule has 0 aromatic carbocycles. The average Bonchev–Trinajstić information content (AvgIpc) is 2.87. The highest BCUT2D eigenvalue weighted by atomic mass is 16.5. The van der Waals surface area contributed by atoms with Crippen molar-refractivity contribution in [3.8, 4) is 0 Å². The zero-order valence-electron chi connectivity index (χ0n) is 9.62. The van der Waals surface area contributed by atoms with Gasteiger partial charge in [0, 0.05) is 5.56 Å². The zero-order chi connectivity index (χ0) is 11.4. The van der Waals surface area contributed by atoms with E-state index in [2.05, 4.69) is 10.5 Å². The van der Waals surface area contributed by atoms with Crippen molar-refractivity contribution in [2.24, 2.45) is 0 Å². The molecule has 0 aliphatic carbocycles. The van der Waals surface area contributed by atoms with E-state index >= 15 is 0 Å². The van der Waals surface area contributed by atoms with Crippen molar-refractivity contribution < 1.29 is 8.94 Å². The molecule has 0 saturated carbocycles. The van der Waals surface area contributed by atoms with Crippen molar-refractivity contribution in [1.82, 2.24) is 10.5 Å². The van der Waals surface area contributed by atoms with Crippen molar-refractivity contribution in [2.75, 3.05) is 6.54 Å². The van der Waals surface area contributed by atoms with Gasteiger partial charge in [-0.2, -0.15) is 0 Å².